The largest absolute Gasteiger partial charge is 0.381 e. The van der Waals surface area contributed by atoms with Gasteiger partial charge in [0.1, 0.15) is 0 Å². The van der Waals surface area contributed by atoms with Gasteiger partial charge in [-0.2, -0.15) is 0 Å². The predicted molar refractivity (Wildman–Crippen MR) is 85.0 cm³/mol. The summed E-state index contributed by atoms with van der Waals surface area (Å²) in [4.78, 5) is 2.71. The van der Waals surface area contributed by atoms with Crippen LogP contribution in [0.4, 0.5) is 0 Å². The first-order valence-corrected chi connectivity index (χ1v) is 9.43. The van der Waals surface area contributed by atoms with E-state index in [0.29, 0.717) is 18.2 Å². The first-order chi connectivity index (χ1) is 10.9. The van der Waals surface area contributed by atoms with Gasteiger partial charge in [-0.25, -0.2) is 0 Å². The Morgan fingerprint density at radius 1 is 0.864 bits per heavy atom. The van der Waals surface area contributed by atoms with Crippen molar-refractivity contribution in [3.63, 3.8) is 0 Å². The molecule has 4 aliphatic rings. The molecule has 3 aliphatic heterocycles. The van der Waals surface area contributed by atoms with Gasteiger partial charge >= 0.3 is 0 Å². The van der Waals surface area contributed by atoms with Crippen molar-refractivity contribution in [2.24, 2.45) is 11.8 Å². The molecule has 0 unspecified atom stereocenters. The second kappa shape index (κ2) is 7.16. The van der Waals surface area contributed by atoms with Gasteiger partial charge in [-0.3, -0.25) is 4.90 Å². The van der Waals surface area contributed by atoms with Crippen LogP contribution in [0.25, 0.3) is 0 Å². The maximum atomic E-state index is 6.34. The molecule has 0 bridgehead atoms. The van der Waals surface area contributed by atoms with Crippen molar-refractivity contribution in [2.75, 3.05) is 39.5 Å². The van der Waals surface area contributed by atoms with Crippen LogP contribution >= 0.6 is 0 Å². The van der Waals surface area contributed by atoms with E-state index in [0.717, 1.165) is 38.3 Å². The first kappa shape index (κ1) is 15.4. The lowest BCUT2D eigenvalue weighted by Gasteiger charge is -2.37. The zero-order valence-electron chi connectivity index (χ0n) is 13.8. The van der Waals surface area contributed by atoms with E-state index in [-0.39, 0.29) is 0 Å². The van der Waals surface area contributed by atoms with Crippen LogP contribution in [-0.4, -0.2) is 62.7 Å². The van der Waals surface area contributed by atoms with Crippen LogP contribution in [0.3, 0.4) is 0 Å². The van der Waals surface area contributed by atoms with Gasteiger partial charge in [0.05, 0.1) is 18.8 Å². The van der Waals surface area contributed by atoms with Crippen molar-refractivity contribution in [1.29, 1.82) is 0 Å². The number of ether oxygens (including phenoxy) is 3. The molecule has 4 nitrogen and oxygen atoms in total. The van der Waals surface area contributed by atoms with Gasteiger partial charge in [0.25, 0.3) is 0 Å². The summed E-state index contributed by atoms with van der Waals surface area (Å²) in [6.07, 6.45) is 9.73. The molecule has 0 N–H and O–H groups in total. The lowest BCUT2D eigenvalue weighted by Crippen LogP contribution is -2.45. The van der Waals surface area contributed by atoms with Gasteiger partial charge in [-0.05, 0) is 56.8 Å². The molecule has 4 fully saturated rings. The number of hydrogen-bond acceptors (Lipinski definition) is 4. The minimum absolute atomic E-state index is 0.350. The molecule has 4 heteroatoms. The molecule has 0 spiro atoms. The summed E-state index contributed by atoms with van der Waals surface area (Å²) < 4.78 is 17.7. The van der Waals surface area contributed by atoms with Crippen molar-refractivity contribution >= 4 is 0 Å². The average molecular weight is 309 g/mol. The third-order valence-electron chi connectivity index (χ3n) is 5.94. The Kier molecular flexibility index (Phi) is 5.01. The molecule has 4 rings (SSSR count). The fraction of sp³-hybridized carbons (Fsp3) is 1.00. The molecular weight excluding hydrogens is 278 g/mol. The van der Waals surface area contributed by atoms with Crippen molar-refractivity contribution < 1.29 is 14.2 Å². The van der Waals surface area contributed by atoms with E-state index < -0.39 is 0 Å². The topological polar surface area (TPSA) is 30.9 Å². The molecule has 1 saturated carbocycles. The van der Waals surface area contributed by atoms with Crippen LogP contribution in [-0.2, 0) is 14.2 Å². The van der Waals surface area contributed by atoms with Gasteiger partial charge < -0.3 is 14.2 Å². The van der Waals surface area contributed by atoms with Crippen LogP contribution in [0, 0.1) is 11.8 Å². The van der Waals surface area contributed by atoms with Crippen molar-refractivity contribution in [3.8, 4) is 0 Å². The van der Waals surface area contributed by atoms with Crippen LogP contribution < -0.4 is 0 Å². The second-order valence-electron chi connectivity index (χ2n) is 7.76. The monoisotopic (exact) mass is 309 g/mol. The third kappa shape index (κ3) is 3.84. The van der Waals surface area contributed by atoms with Crippen molar-refractivity contribution in [3.05, 3.63) is 0 Å². The zero-order valence-corrected chi connectivity index (χ0v) is 13.8. The number of hydrogen-bond donors (Lipinski definition) is 0. The Bertz CT molecular complexity index is 354. The summed E-state index contributed by atoms with van der Waals surface area (Å²) >= 11 is 0. The summed E-state index contributed by atoms with van der Waals surface area (Å²) in [7, 11) is 0. The fourth-order valence-corrected chi connectivity index (χ4v) is 4.35. The highest BCUT2D eigenvalue weighted by Gasteiger charge is 2.40. The van der Waals surface area contributed by atoms with E-state index in [1.807, 2.05) is 0 Å². The second-order valence-corrected chi connectivity index (χ2v) is 7.76. The molecule has 0 amide bonds. The summed E-state index contributed by atoms with van der Waals surface area (Å²) in [6.45, 7) is 6.19. The smallest absolute Gasteiger partial charge is 0.0813 e. The summed E-state index contributed by atoms with van der Waals surface area (Å²) in [6, 6.07) is 0.669. The summed E-state index contributed by atoms with van der Waals surface area (Å²) in [5.41, 5.74) is 0. The standard InChI is InChI=1S/C18H31NO3/c1-2-15(1)12-21-13-16-3-4-17-18(22-16)5-8-19(17)11-14-6-9-20-10-7-14/h14-18H,1-13H2/t16-,17-,18-/m1/s1. The molecule has 0 aromatic rings. The molecular formula is C18H31NO3. The molecule has 3 atom stereocenters. The Morgan fingerprint density at radius 3 is 2.55 bits per heavy atom. The molecule has 3 saturated heterocycles. The van der Waals surface area contributed by atoms with Crippen LogP contribution in [0.1, 0.15) is 44.9 Å². The van der Waals surface area contributed by atoms with Crippen molar-refractivity contribution in [1.82, 2.24) is 4.90 Å². The van der Waals surface area contributed by atoms with Gasteiger partial charge in [0, 0.05) is 39.0 Å². The van der Waals surface area contributed by atoms with E-state index in [4.69, 9.17) is 14.2 Å². The molecule has 0 aromatic carbocycles. The minimum atomic E-state index is 0.350. The average Bonchev–Trinajstić information content (AvgIpc) is 3.29. The molecule has 1 aliphatic carbocycles. The van der Waals surface area contributed by atoms with Crippen LogP contribution in [0.5, 0.6) is 0 Å². The maximum absolute atomic E-state index is 6.34. The number of fused-ring (bicyclic) bond motifs is 1. The van der Waals surface area contributed by atoms with Gasteiger partial charge in [0.2, 0.25) is 0 Å². The number of likely N-dealkylation sites (tertiary alicyclic amines) is 1. The number of rotatable bonds is 6. The van der Waals surface area contributed by atoms with Gasteiger partial charge in [-0.1, -0.05) is 0 Å². The summed E-state index contributed by atoms with van der Waals surface area (Å²) in [5, 5.41) is 0. The molecule has 126 valence electrons. The number of nitrogens with zero attached hydrogens (tertiary/aromatic N) is 1. The van der Waals surface area contributed by atoms with E-state index in [2.05, 4.69) is 4.90 Å². The third-order valence-corrected chi connectivity index (χ3v) is 5.94. The quantitative estimate of drug-likeness (QED) is 0.754. The molecule has 3 heterocycles. The molecule has 0 radical (unpaired) electrons. The predicted octanol–water partition coefficient (Wildman–Crippen LogP) is 2.46. The van der Waals surface area contributed by atoms with E-state index in [1.54, 1.807) is 0 Å². The summed E-state index contributed by atoms with van der Waals surface area (Å²) in [5.74, 6) is 1.70. The van der Waals surface area contributed by atoms with E-state index >= 15 is 0 Å². The zero-order chi connectivity index (χ0) is 14.8. The molecule has 0 aromatic heterocycles. The van der Waals surface area contributed by atoms with Crippen LogP contribution in [0.2, 0.25) is 0 Å². The van der Waals surface area contributed by atoms with Gasteiger partial charge in [-0.15, -0.1) is 0 Å². The maximum Gasteiger partial charge on any atom is 0.0813 e. The van der Waals surface area contributed by atoms with Gasteiger partial charge in [0.15, 0.2) is 0 Å². The van der Waals surface area contributed by atoms with Crippen molar-refractivity contribution in [2.45, 2.75) is 63.2 Å². The highest BCUT2D eigenvalue weighted by Crippen LogP contribution is 2.33. The van der Waals surface area contributed by atoms with E-state index in [1.165, 1.54) is 58.0 Å². The fourth-order valence-electron chi connectivity index (χ4n) is 4.35. The highest BCUT2D eigenvalue weighted by atomic mass is 16.5. The SMILES string of the molecule is C1CC(CN2CC[C@H]3O[C@@H](COCC4CC4)CC[C@H]32)CCO1. The Balaban J connectivity index is 1.21. The Morgan fingerprint density at radius 2 is 1.73 bits per heavy atom. The van der Waals surface area contributed by atoms with E-state index in [9.17, 15) is 0 Å². The Hall–Kier alpha value is -0.160. The normalized spacial score (nSPS) is 37.4. The molecule has 22 heavy (non-hydrogen) atoms. The first-order valence-electron chi connectivity index (χ1n) is 9.43. The Labute approximate surface area is 134 Å². The lowest BCUT2D eigenvalue weighted by atomic mass is 9.96. The highest BCUT2D eigenvalue weighted by molar-refractivity contribution is 4.93. The minimum Gasteiger partial charge on any atom is -0.381 e. The lowest BCUT2D eigenvalue weighted by molar-refractivity contribution is -0.101. The van der Waals surface area contributed by atoms with Crippen LogP contribution in [0.15, 0.2) is 0 Å².